The van der Waals surface area contributed by atoms with Crippen molar-refractivity contribution in [3.63, 3.8) is 0 Å². The van der Waals surface area contributed by atoms with E-state index in [4.69, 9.17) is 0 Å². The Labute approximate surface area is 118 Å². The average molecular weight is 276 g/mol. The minimum atomic E-state index is -0.0364. The van der Waals surface area contributed by atoms with E-state index in [1.165, 1.54) is 7.11 Å². The molecule has 2 rings (SSSR count). The van der Waals surface area contributed by atoms with Gasteiger partial charge in [0, 0.05) is 13.1 Å². The van der Waals surface area contributed by atoms with Gasteiger partial charge in [-0.3, -0.25) is 9.63 Å². The molecule has 0 aromatic heterocycles. The van der Waals surface area contributed by atoms with Crippen LogP contribution in [-0.2, 0) is 16.2 Å². The summed E-state index contributed by atoms with van der Waals surface area (Å²) in [4.78, 5) is 18.6. The number of carbonyl (C=O) groups is 1. The highest BCUT2D eigenvalue weighted by Gasteiger charge is 2.29. The number of hydrogen-bond acceptors (Lipinski definition) is 5. The second kappa shape index (κ2) is 7.02. The Balaban J connectivity index is 2.00. The number of rotatable bonds is 6. The molecule has 1 heterocycles. The molecule has 1 aromatic carbocycles. The van der Waals surface area contributed by atoms with Crippen LogP contribution in [0.25, 0.3) is 0 Å². The first-order valence-electron chi connectivity index (χ1n) is 6.60. The van der Waals surface area contributed by atoms with Gasteiger partial charge in [-0.25, -0.2) is 0 Å². The molecule has 0 aliphatic carbocycles. The quantitative estimate of drug-likeness (QED) is 0.586. The maximum atomic E-state index is 12.0. The summed E-state index contributed by atoms with van der Waals surface area (Å²) in [5.74, 6) is 0.174. The number of likely N-dealkylation sites (tertiary alicyclic amines) is 1. The first-order chi connectivity index (χ1) is 9.74. The SMILES string of the molecule is CN[C@H]1CCN(Cc2cccc(C=NNOC)c2)C1=O. The minimum absolute atomic E-state index is 0.0364. The van der Waals surface area contributed by atoms with E-state index < -0.39 is 0 Å². The molecule has 1 saturated heterocycles. The van der Waals surface area contributed by atoms with E-state index in [0.29, 0.717) is 6.54 Å². The van der Waals surface area contributed by atoms with Crippen molar-refractivity contribution in [1.82, 2.24) is 15.8 Å². The lowest BCUT2D eigenvalue weighted by Crippen LogP contribution is -2.35. The van der Waals surface area contributed by atoms with Gasteiger partial charge in [-0.2, -0.15) is 10.7 Å². The molecule has 0 saturated carbocycles. The van der Waals surface area contributed by atoms with E-state index in [0.717, 1.165) is 24.1 Å². The largest absolute Gasteiger partial charge is 0.337 e. The Morgan fingerprint density at radius 1 is 1.55 bits per heavy atom. The molecule has 0 bridgehead atoms. The lowest BCUT2D eigenvalue weighted by atomic mass is 10.1. The Morgan fingerprint density at radius 3 is 3.10 bits per heavy atom. The Morgan fingerprint density at radius 2 is 2.40 bits per heavy atom. The van der Waals surface area contributed by atoms with E-state index in [1.807, 2.05) is 36.2 Å². The third-order valence-electron chi connectivity index (χ3n) is 3.33. The molecule has 1 atom stereocenters. The summed E-state index contributed by atoms with van der Waals surface area (Å²) in [5.41, 5.74) is 4.46. The fourth-order valence-corrected chi connectivity index (χ4v) is 2.31. The van der Waals surface area contributed by atoms with Gasteiger partial charge in [0.1, 0.15) is 0 Å². The van der Waals surface area contributed by atoms with Crippen LogP contribution in [0.3, 0.4) is 0 Å². The number of nitrogens with one attached hydrogen (secondary N) is 2. The second-order valence-electron chi connectivity index (χ2n) is 4.69. The van der Waals surface area contributed by atoms with Crippen LogP contribution >= 0.6 is 0 Å². The van der Waals surface area contributed by atoms with Crippen molar-refractivity contribution < 1.29 is 9.63 Å². The fraction of sp³-hybridized carbons (Fsp3) is 0.429. The first kappa shape index (κ1) is 14.5. The standard InChI is InChI=1S/C14H20N4O2/c1-15-13-6-7-18(14(13)19)10-12-5-3-4-11(8-12)9-16-17-20-2/h3-5,8-9,13,15,17H,6-7,10H2,1-2H3/t13-/m0/s1. The van der Waals surface area contributed by atoms with Crippen LogP contribution in [0.2, 0.25) is 0 Å². The number of hydrogen-bond donors (Lipinski definition) is 2. The molecule has 6 nitrogen and oxygen atoms in total. The van der Waals surface area contributed by atoms with Crippen molar-refractivity contribution in [3.8, 4) is 0 Å². The van der Waals surface area contributed by atoms with E-state index in [-0.39, 0.29) is 11.9 Å². The highest BCUT2D eigenvalue weighted by molar-refractivity contribution is 5.84. The molecular weight excluding hydrogens is 256 g/mol. The highest BCUT2D eigenvalue weighted by Crippen LogP contribution is 2.15. The second-order valence-corrected chi connectivity index (χ2v) is 4.69. The molecule has 0 unspecified atom stereocenters. The summed E-state index contributed by atoms with van der Waals surface area (Å²) in [6.45, 7) is 1.43. The van der Waals surface area contributed by atoms with Crippen LogP contribution in [0.5, 0.6) is 0 Å². The molecule has 1 aliphatic heterocycles. The molecule has 108 valence electrons. The van der Waals surface area contributed by atoms with Crippen molar-refractivity contribution in [2.75, 3.05) is 20.7 Å². The molecule has 2 N–H and O–H groups in total. The monoisotopic (exact) mass is 276 g/mol. The molecule has 1 aromatic rings. The molecule has 0 radical (unpaired) electrons. The number of amides is 1. The maximum absolute atomic E-state index is 12.0. The summed E-state index contributed by atoms with van der Waals surface area (Å²) in [6, 6.07) is 7.90. The van der Waals surface area contributed by atoms with Crippen LogP contribution in [0.1, 0.15) is 17.5 Å². The van der Waals surface area contributed by atoms with E-state index >= 15 is 0 Å². The van der Waals surface area contributed by atoms with E-state index in [1.54, 1.807) is 6.21 Å². The molecular formula is C14H20N4O2. The van der Waals surface area contributed by atoms with Crippen LogP contribution < -0.4 is 10.9 Å². The summed E-state index contributed by atoms with van der Waals surface area (Å²) >= 11 is 0. The van der Waals surface area contributed by atoms with E-state index in [2.05, 4.69) is 20.8 Å². The van der Waals surface area contributed by atoms with Gasteiger partial charge in [-0.05, 0) is 30.7 Å². The lowest BCUT2D eigenvalue weighted by molar-refractivity contribution is -0.129. The Hall–Kier alpha value is -1.92. The van der Waals surface area contributed by atoms with Gasteiger partial charge >= 0.3 is 0 Å². The number of nitrogens with zero attached hydrogens (tertiary/aromatic N) is 2. The molecule has 0 spiro atoms. The maximum Gasteiger partial charge on any atom is 0.240 e. The fourth-order valence-electron chi connectivity index (χ4n) is 2.31. The van der Waals surface area contributed by atoms with Gasteiger partial charge in [0.05, 0.1) is 19.4 Å². The predicted octanol–water partition coefficient (Wildman–Crippen LogP) is 0.492. The number of carbonyl (C=O) groups excluding carboxylic acids is 1. The van der Waals surface area contributed by atoms with E-state index in [9.17, 15) is 4.79 Å². The zero-order valence-corrected chi connectivity index (χ0v) is 11.8. The molecule has 1 aliphatic rings. The lowest BCUT2D eigenvalue weighted by Gasteiger charge is -2.16. The topological polar surface area (TPSA) is 66.0 Å². The zero-order chi connectivity index (χ0) is 14.4. The van der Waals surface area contributed by atoms with Crippen LogP contribution in [0.4, 0.5) is 0 Å². The van der Waals surface area contributed by atoms with Crippen molar-refractivity contribution >= 4 is 12.1 Å². The van der Waals surface area contributed by atoms with Gasteiger partial charge in [0.25, 0.3) is 0 Å². The summed E-state index contributed by atoms with van der Waals surface area (Å²) < 4.78 is 0. The van der Waals surface area contributed by atoms with Gasteiger partial charge in [-0.15, -0.1) is 0 Å². The Bertz CT molecular complexity index is 490. The zero-order valence-electron chi connectivity index (χ0n) is 11.8. The molecule has 20 heavy (non-hydrogen) atoms. The average Bonchev–Trinajstić information content (AvgIpc) is 2.80. The van der Waals surface area contributed by atoms with Gasteiger partial charge in [0.2, 0.25) is 5.91 Å². The number of hydrazone groups is 1. The van der Waals surface area contributed by atoms with Gasteiger partial charge < -0.3 is 10.2 Å². The van der Waals surface area contributed by atoms with Crippen molar-refractivity contribution in [2.24, 2.45) is 5.10 Å². The summed E-state index contributed by atoms with van der Waals surface area (Å²) in [7, 11) is 3.33. The van der Waals surface area contributed by atoms with Crippen LogP contribution in [0, 0.1) is 0 Å². The Kier molecular flexibility index (Phi) is 5.09. The smallest absolute Gasteiger partial charge is 0.240 e. The molecule has 6 heteroatoms. The van der Waals surface area contributed by atoms with Crippen LogP contribution in [-0.4, -0.2) is 43.8 Å². The third-order valence-corrected chi connectivity index (χ3v) is 3.33. The number of benzene rings is 1. The number of likely N-dealkylation sites (N-methyl/N-ethyl adjacent to an activating group) is 1. The first-order valence-corrected chi connectivity index (χ1v) is 6.60. The third kappa shape index (κ3) is 3.55. The normalized spacial score (nSPS) is 19.0. The van der Waals surface area contributed by atoms with Crippen LogP contribution in [0.15, 0.2) is 29.4 Å². The van der Waals surface area contributed by atoms with Gasteiger partial charge in [0.15, 0.2) is 0 Å². The van der Waals surface area contributed by atoms with Crippen molar-refractivity contribution in [2.45, 2.75) is 19.0 Å². The van der Waals surface area contributed by atoms with Crippen molar-refractivity contribution in [1.29, 1.82) is 0 Å². The molecule has 1 fully saturated rings. The summed E-state index contributed by atoms with van der Waals surface area (Å²) in [5, 5.41) is 6.93. The highest BCUT2D eigenvalue weighted by atomic mass is 16.7. The van der Waals surface area contributed by atoms with Gasteiger partial charge in [-0.1, -0.05) is 18.2 Å². The van der Waals surface area contributed by atoms with Crippen molar-refractivity contribution in [3.05, 3.63) is 35.4 Å². The summed E-state index contributed by atoms with van der Waals surface area (Å²) in [6.07, 6.45) is 2.55. The predicted molar refractivity (Wildman–Crippen MR) is 77.1 cm³/mol. The minimum Gasteiger partial charge on any atom is -0.337 e. The molecule has 1 amide bonds.